The fraction of sp³-hybridized carbons (Fsp3) is 0.0417. The molecule has 0 unspecified atom stereocenters. The minimum absolute atomic E-state index is 0.0676. The van der Waals surface area contributed by atoms with Gasteiger partial charge in [0.25, 0.3) is 5.56 Å². The minimum Gasteiger partial charge on any atom is -0.378 e. The molecule has 0 radical (unpaired) electrons. The van der Waals surface area contributed by atoms with E-state index in [1.807, 2.05) is 24.3 Å². The summed E-state index contributed by atoms with van der Waals surface area (Å²) >= 11 is 1.22. The van der Waals surface area contributed by atoms with Gasteiger partial charge >= 0.3 is 10.1 Å². The Morgan fingerprint density at radius 3 is 2.50 bits per heavy atom. The molecule has 34 heavy (non-hydrogen) atoms. The number of imidazole rings is 1. The fourth-order valence-electron chi connectivity index (χ4n) is 3.50. The molecule has 10 heteroatoms. The fourth-order valence-corrected chi connectivity index (χ4v) is 5.43. The Hall–Kier alpha value is -4.02. The topological polar surface area (TPSA) is 107 Å². The standard InChI is InChI=1S/C24H17N3O5S2/c1-15(28)25-17-10-12-18(13-11-17)34(30,31)32-21-9-5-2-6-16(21)14-22-23(29)27-20-8-4-3-7-19(20)26-24(27)33-22/h2-14H,1H3,(H,25,28). The second-order valence-corrected chi connectivity index (χ2v) is 9.97. The Balaban J connectivity index is 1.52. The highest BCUT2D eigenvalue weighted by molar-refractivity contribution is 7.87. The second kappa shape index (κ2) is 8.40. The predicted octanol–water partition coefficient (Wildman–Crippen LogP) is 3.18. The molecule has 0 spiro atoms. The third-order valence-electron chi connectivity index (χ3n) is 5.01. The van der Waals surface area contributed by atoms with E-state index in [-0.39, 0.29) is 22.1 Å². The molecule has 0 saturated heterocycles. The maximum atomic E-state index is 13.0. The summed E-state index contributed by atoms with van der Waals surface area (Å²) in [7, 11) is -4.15. The zero-order valence-corrected chi connectivity index (χ0v) is 19.4. The highest BCUT2D eigenvalue weighted by Crippen LogP contribution is 2.25. The summed E-state index contributed by atoms with van der Waals surface area (Å²) in [5, 5.41) is 2.58. The van der Waals surface area contributed by atoms with E-state index in [1.165, 1.54) is 48.6 Å². The van der Waals surface area contributed by atoms with Crippen molar-refractivity contribution >= 4 is 55.1 Å². The van der Waals surface area contributed by atoms with Gasteiger partial charge in [-0.05, 0) is 48.5 Å². The van der Waals surface area contributed by atoms with Crippen molar-refractivity contribution in [2.75, 3.05) is 5.32 Å². The first-order chi connectivity index (χ1) is 16.3. The normalized spacial score (nSPS) is 12.3. The van der Waals surface area contributed by atoms with Gasteiger partial charge in [0, 0.05) is 18.2 Å². The lowest BCUT2D eigenvalue weighted by molar-refractivity contribution is -0.114. The molecule has 0 aliphatic rings. The first-order valence-corrected chi connectivity index (χ1v) is 12.4. The van der Waals surface area contributed by atoms with Crippen LogP contribution in [0.4, 0.5) is 5.69 Å². The van der Waals surface area contributed by atoms with Crippen molar-refractivity contribution in [3.63, 3.8) is 0 Å². The second-order valence-electron chi connectivity index (χ2n) is 7.42. The number of thiazole rings is 1. The van der Waals surface area contributed by atoms with Crippen LogP contribution in [0.25, 0.3) is 22.1 Å². The summed E-state index contributed by atoms with van der Waals surface area (Å²) in [6.07, 6.45) is 1.60. The van der Waals surface area contributed by atoms with E-state index < -0.39 is 10.1 Å². The number of hydrogen-bond donors (Lipinski definition) is 1. The predicted molar refractivity (Wildman–Crippen MR) is 131 cm³/mol. The highest BCUT2D eigenvalue weighted by Gasteiger charge is 2.19. The lowest BCUT2D eigenvalue weighted by Crippen LogP contribution is -2.22. The van der Waals surface area contributed by atoms with Crippen LogP contribution in [0.15, 0.2) is 82.5 Å². The van der Waals surface area contributed by atoms with Crippen LogP contribution in [0.5, 0.6) is 5.75 Å². The van der Waals surface area contributed by atoms with Gasteiger partial charge in [-0.1, -0.05) is 41.7 Å². The number of rotatable bonds is 5. The molecule has 5 aromatic rings. The Labute approximate surface area is 197 Å². The van der Waals surface area contributed by atoms with Crippen molar-refractivity contribution in [2.45, 2.75) is 11.8 Å². The summed E-state index contributed by atoms with van der Waals surface area (Å²) in [4.78, 5) is 29.2. The first kappa shape index (κ1) is 21.8. The molecule has 1 N–H and O–H groups in total. The van der Waals surface area contributed by atoms with E-state index in [0.29, 0.717) is 26.3 Å². The SMILES string of the molecule is CC(=O)Nc1ccc(S(=O)(=O)Oc2ccccc2C=c2sc3nc4ccccc4n3c2=O)cc1. The smallest absolute Gasteiger partial charge is 0.339 e. The van der Waals surface area contributed by atoms with Crippen LogP contribution < -0.4 is 19.6 Å². The van der Waals surface area contributed by atoms with E-state index >= 15 is 0 Å². The third-order valence-corrected chi connectivity index (χ3v) is 7.23. The van der Waals surface area contributed by atoms with Crippen LogP contribution in [0, 0.1) is 0 Å². The van der Waals surface area contributed by atoms with E-state index in [0.717, 1.165) is 5.52 Å². The first-order valence-electron chi connectivity index (χ1n) is 10.1. The van der Waals surface area contributed by atoms with Gasteiger partial charge in [-0.3, -0.25) is 9.59 Å². The maximum absolute atomic E-state index is 13.0. The van der Waals surface area contributed by atoms with Gasteiger partial charge in [-0.15, -0.1) is 0 Å². The summed E-state index contributed by atoms with van der Waals surface area (Å²) in [6, 6.07) is 19.6. The van der Waals surface area contributed by atoms with Gasteiger partial charge in [0.15, 0.2) is 4.96 Å². The van der Waals surface area contributed by atoms with E-state index in [2.05, 4.69) is 10.3 Å². The van der Waals surface area contributed by atoms with Crippen LogP contribution in [0.1, 0.15) is 12.5 Å². The van der Waals surface area contributed by atoms with E-state index in [9.17, 15) is 18.0 Å². The Kier molecular flexibility index (Phi) is 5.39. The van der Waals surface area contributed by atoms with Gasteiger partial charge in [-0.2, -0.15) is 8.42 Å². The van der Waals surface area contributed by atoms with Crippen molar-refractivity contribution in [2.24, 2.45) is 0 Å². The molecule has 2 aromatic heterocycles. The molecule has 0 atom stereocenters. The number of nitrogens with zero attached hydrogens (tertiary/aromatic N) is 2. The van der Waals surface area contributed by atoms with Crippen LogP contribution in [-0.2, 0) is 14.9 Å². The van der Waals surface area contributed by atoms with Crippen LogP contribution in [-0.4, -0.2) is 23.7 Å². The zero-order chi connectivity index (χ0) is 23.9. The molecule has 0 aliphatic carbocycles. The number of benzene rings is 3. The number of amides is 1. The molecular weight excluding hydrogens is 474 g/mol. The van der Waals surface area contributed by atoms with Crippen molar-refractivity contribution in [3.8, 4) is 5.75 Å². The molecule has 0 bridgehead atoms. The number of anilines is 1. The molecular formula is C24H17N3O5S2. The number of carbonyl (C=O) groups is 1. The van der Waals surface area contributed by atoms with E-state index in [4.69, 9.17) is 4.18 Å². The van der Waals surface area contributed by atoms with Gasteiger partial charge in [0.05, 0.1) is 15.6 Å². The third kappa shape index (κ3) is 4.04. The quantitative estimate of drug-likeness (QED) is 0.379. The van der Waals surface area contributed by atoms with Crippen LogP contribution >= 0.6 is 11.3 Å². The van der Waals surface area contributed by atoms with Crippen LogP contribution in [0.2, 0.25) is 0 Å². The average molecular weight is 492 g/mol. The number of para-hydroxylation sites is 3. The molecule has 8 nitrogen and oxygen atoms in total. The van der Waals surface area contributed by atoms with Crippen molar-refractivity contribution in [1.82, 2.24) is 9.38 Å². The van der Waals surface area contributed by atoms with Gasteiger partial charge in [0.1, 0.15) is 10.6 Å². The summed E-state index contributed by atoms with van der Waals surface area (Å²) in [5.74, 6) is -0.174. The number of hydrogen-bond acceptors (Lipinski definition) is 7. The van der Waals surface area contributed by atoms with Crippen molar-refractivity contribution in [3.05, 3.63) is 93.2 Å². The Morgan fingerprint density at radius 1 is 1.03 bits per heavy atom. The lowest BCUT2D eigenvalue weighted by atomic mass is 10.2. The van der Waals surface area contributed by atoms with Gasteiger partial charge < -0.3 is 9.50 Å². The molecule has 0 saturated carbocycles. The van der Waals surface area contributed by atoms with Crippen molar-refractivity contribution in [1.29, 1.82) is 0 Å². The number of nitrogens with one attached hydrogen (secondary N) is 1. The van der Waals surface area contributed by atoms with Crippen LogP contribution in [0.3, 0.4) is 0 Å². The maximum Gasteiger partial charge on any atom is 0.339 e. The summed E-state index contributed by atoms with van der Waals surface area (Å²) in [5.41, 5.74) is 2.12. The molecule has 170 valence electrons. The molecule has 0 fully saturated rings. The Morgan fingerprint density at radius 2 is 1.74 bits per heavy atom. The molecule has 5 rings (SSSR count). The molecule has 0 aliphatic heterocycles. The minimum atomic E-state index is -4.15. The van der Waals surface area contributed by atoms with Gasteiger partial charge in [0.2, 0.25) is 5.91 Å². The number of carbonyl (C=O) groups excluding carboxylic acids is 1. The molecule has 2 heterocycles. The summed E-state index contributed by atoms with van der Waals surface area (Å²) < 4.78 is 33.1. The van der Waals surface area contributed by atoms with Gasteiger partial charge in [-0.25, -0.2) is 9.38 Å². The largest absolute Gasteiger partial charge is 0.378 e. The molecule has 1 amide bonds. The van der Waals surface area contributed by atoms with Crippen molar-refractivity contribution < 1.29 is 17.4 Å². The summed E-state index contributed by atoms with van der Waals surface area (Å²) in [6.45, 7) is 1.36. The monoisotopic (exact) mass is 491 g/mol. The molecule has 3 aromatic carbocycles. The zero-order valence-electron chi connectivity index (χ0n) is 17.8. The number of fused-ring (bicyclic) bond motifs is 3. The Bertz CT molecular complexity index is 1770. The highest BCUT2D eigenvalue weighted by atomic mass is 32.2. The average Bonchev–Trinajstić information content (AvgIpc) is 3.31. The van der Waals surface area contributed by atoms with E-state index in [1.54, 1.807) is 28.7 Å². The lowest BCUT2D eigenvalue weighted by Gasteiger charge is -2.10. The number of aromatic nitrogens is 2.